The van der Waals surface area contributed by atoms with Crippen LogP contribution in [0, 0.1) is 0 Å². The van der Waals surface area contributed by atoms with Gasteiger partial charge in [0.1, 0.15) is 42.6 Å². The number of hydrogen-bond acceptors (Lipinski definition) is 20. The number of carboxylic acids is 4. The van der Waals surface area contributed by atoms with Gasteiger partial charge in [0.2, 0.25) is 0 Å². The van der Waals surface area contributed by atoms with Gasteiger partial charge >= 0.3 is 23.9 Å². The van der Waals surface area contributed by atoms with Crippen molar-refractivity contribution in [3.05, 3.63) is 95.1 Å². The molecular weight excluding hydrogens is 1220 g/mol. The maximum absolute atomic E-state index is 13.2. The first-order valence-electron chi connectivity index (χ1n) is 23.5. The maximum Gasteiger partial charge on any atom is 0.317 e. The average molecular weight is 1280 g/mol. The Kier molecular flexibility index (Phi) is 22.7. The fourth-order valence-corrected chi connectivity index (χ4v) is 13.8. The molecule has 0 unspecified atom stereocenters. The zero-order valence-electron chi connectivity index (χ0n) is 43.0. The molecule has 440 valence electrons. The van der Waals surface area contributed by atoms with Gasteiger partial charge in [-0.1, -0.05) is 24.3 Å². The van der Waals surface area contributed by atoms with Gasteiger partial charge in [-0.05, 0) is 96.5 Å². The molecule has 0 saturated carbocycles. The third-order valence-corrected chi connectivity index (χ3v) is 18.4. The first-order chi connectivity index (χ1) is 37.2. The highest BCUT2D eigenvalue weighted by molar-refractivity contribution is 8.14. The van der Waals surface area contributed by atoms with Gasteiger partial charge in [-0.15, -0.1) is 0 Å². The number of ether oxygens (including phenoxy) is 4. The molecule has 32 heteroatoms. The summed E-state index contributed by atoms with van der Waals surface area (Å²) in [7, 11) is 10.1. The first kappa shape index (κ1) is 65.6. The molecule has 80 heavy (non-hydrogen) atoms. The van der Waals surface area contributed by atoms with Gasteiger partial charge in [-0.3, -0.25) is 38.8 Å². The lowest BCUT2D eigenvalue weighted by atomic mass is 9.95. The molecule has 0 bridgehead atoms. The minimum atomic E-state index is -4.53. The molecule has 1 saturated heterocycles. The number of nitrogens with zero attached hydrogens (tertiary/aromatic N) is 4. The van der Waals surface area contributed by atoms with E-state index in [0.717, 1.165) is 0 Å². The van der Waals surface area contributed by atoms with Crippen LogP contribution in [0.1, 0.15) is 22.3 Å². The van der Waals surface area contributed by atoms with E-state index >= 15 is 0 Å². The number of aliphatic carboxylic acids is 4. The van der Waals surface area contributed by atoms with Crippen molar-refractivity contribution in [3.8, 4) is 23.0 Å². The lowest BCUT2D eigenvalue weighted by Crippen LogP contribution is -2.61. The van der Waals surface area contributed by atoms with E-state index in [1.165, 1.54) is 121 Å². The SMILES string of the molecule is COc1ccc(C[C@H]2CN(CC(=O)O)[C@@H](Cc3ccc(OC)c(S(=O)(=O)Cl)c3)CN(CC(=O)O)[C@@H](Cc3ccc(OC)c(S(=O)(=O)Cl)c3)CN(CC(=O)O)[C@@H](Cc3ccc(OC)c(S(=O)(=O)Cl)c3)CN2CC(=O)O)cc1S(=O)(=O)Cl. The zero-order chi connectivity index (χ0) is 59.7. The number of halogens is 4. The van der Waals surface area contributed by atoms with Crippen LogP contribution in [0.3, 0.4) is 0 Å². The highest BCUT2D eigenvalue weighted by atomic mass is 35.7. The molecule has 0 spiro atoms. The van der Waals surface area contributed by atoms with E-state index in [1.54, 1.807) is 0 Å². The Labute approximate surface area is 479 Å². The van der Waals surface area contributed by atoms with E-state index in [0.29, 0.717) is 0 Å². The molecule has 1 fully saturated rings. The zero-order valence-corrected chi connectivity index (χ0v) is 49.3. The van der Waals surface area contributed by atoms with E-state index < -0.39 is 156 Å². The quantitative estimate of drug-likeness (QED) is 0.0726. The Morgan fingerprint density at radius 1 is 0.388 bits per heavy atom. The second-order valence-corrected chi connectivity index (χ2v) is 28.6. The third-order valence-electron chi connectivity index (χ3n) is 13.0. The van der Waals surface area contributed by atoms with Crippen LogP contribution >= 0.6 is 42.7 Å². The Hall–Kier alpha value is -5.24. The van der Waals surface area contributed by atoms with Gasteiger partial charge in [0.25, 0.3) is 36.2 Å². The first-order valence-corrected chi connectivity index (χ1v) is 32.8. The van der Waals surface area contributed by atoms with Gasteiger partial charge < -0.3 is 39.4 Å². The number of carboxylic acid groups (broad SMARTS) is 4. The van der Waals surface area contributed by atoms with E-state index in [-0.39, 0.29) is 70.9 Å². The van der Waals surface area contributed by atoms with Crippen LogP contribution in [0.15, 0.2) is 92.4 Å². The van der Waals surface area contributed by atoms with E-state index in [4.69, 9.17) is 61.7 Å². The van der Waals surface area contributed by atoms with Crippen LogP contribution in [-0.4, -0.2) is 203 Å². The molecule has 4 aromatic carbocycles. The van der Waals surface area contributed by atoms with Crippen molar-refractivity contribution in [2.24, 2.45) is 0 Å². The summed E-state index contributed by atoms with van der Waals surface area (Å²) in [6, 6.07) is 10.7. The number of rotatable bonds is 24. The summed E-state index contributed by atoms with van der Waals surface area (Å²) in [6.07, 6.45) is -1.21. The second-order valence-electron chi connectivity index (χ2n) is 18.4. The van der Waals surface area contributed by atoms with Crippen molar-refractivity contribution < 1.29 is 92.2 Å². The van der Waals surface area contributed by atoms with Gasteiger partial charge in [0.15, 0.2) is 0 Å². The van der Waals surface area contributed by atoms with Crippen molar-refractivity contribution in [3.63, 3.8) is 0 Å². The maximum atomic E-state index is 13.2. The van der Waals surface area contributed by atoms with Crippen LogP contribution in [0.25, 0.3) is 0 Å². The monoisotopic (exact) mass is 1280 g/mol. The normalized spacial score (nSPS) is 18.8. The van der Waals surface area contributed by atoms with E-state index in [2.05, 4.69) is 0 Å². The molecule has 0 radical (unpaired) electrons. The molecule has 4 aromatic rings. The summed E-state index contributed by atoms with van der Waals surface area (Å²) >= 11 is 0. The van der Waals surface area contributed by atoms with Gasteiger partial charge in [-0.25, -0.2) is 33.7 Å². The summed E-state index contributed by atoms with van der Waals surface area (Å²) in [4.78, 5) is 56.3. The molecule has 4 N–H and O–H groups in total. The Bertz CT molecular complexity index is 2970. The van der Waals surface area contributed by atoms with Gasteiger partial charge in [-0.2, -0.15) is 0 Å². The molecule has 1 heterocycles. The summed E-state index contributed by atoms with van der Waals surface area (Å²) in [6.45, 7) is -5.28. The molecule has 0 aromatic heterocycles. The van der Waals surface area contributed by atoms with Crippen molar-refractivity contribution in [1.82, 2.24) is 19.6 Å². The van der Waals surface area contributed by atoms with E-state index in [9.17, 15) is 73.3 Å². The number of hydrogen-bond donors (Lipinski definition) is 4. The third kappa shape index (κ3) is 18.4. The summed E-state index contributed by atoms with van der Waals surface area (Å²) in [5.41, 5.74) is 0.751. The lowest BCUT2D eigenvalue weighted by molar-refractivity contribution is -0.144. The topological polar surface area (TPSA) is 336 Å². The van der Waals surface area contributed by atoms with Crippen molar-refractivity contribution in [2.45, 2.75) is 69.4 Å². The molecule has 5 rings (SSSR count). The number of benzene rings is 4. The predicted octanol–water partition coefficient (Wildman–Crippen LogP) is 3.74. The summed E-state index contributed by atoms with van der Waals surface area (Å²) < 4.78 is 124. The van der Waals surface area contributed by atoms with Crippen molar-refractivity contribution in [2.75, 3.05) is 80.8 Å². The molecule has 0 aliphatic carbocycles. The van der Waals surface area contributed by atoms with Crippen molar-refractivity contribution >= 4 is 103 Å². The van der Waals surface area contributed by atoms with Crippen LogP contribution in [0.2, 0.25) is 0 Å². The minimum Gasteiger partial charge on any atom is -0.495 e. The standard InChI is InChI=1S/C48H56Cl4N4O20S4/c1-73-37-9-5-29(17-41(37)77(49,65)66)13-33-21-54(26-46(59)60)35(15-31-7-11-39(75-3)43(19-31)79(51,69)70)23-56(28-48(63)64)36(16-32-8-12-40(76-4)44(20-32)80(52,71)72)24-55(27-47(61)62)34(22-53(33)25-45(57)58)14-30-6-10-38(74-2)42(18-30)78(50,67)68/h5-12,17-20,33-36H,13-16,21-28H2,1-4H3,(H,57,58)(H,59,60)(H,61,62)(H,63,64)/t33-,34-,35-,36-/m0/s1. The highest BCUT2D eigenvalue weighted by Gasteiger charge is 2.38. The summed E-state index contributed by atoms with van der Waals surface area (Å²) in [5.74, 6) is -6.47. The highest BCUT2D eigenvalue weighted by Crippen LogP contribution is 2.34. The van der Waals surface area contributed by atoms with Crippen LogP contribution in [-0.2, 0) is 81.1 Å². The molecule has 24 nitrogen and oxygen atoms in total. The van der Waals surface area contributed by atoms with E-state index in [1.807, 2.05) is 0 Å². The Balaban J connectivity index is 1.92. The molecule has 4 atom stereocenters. The Morgan fingerprint density at radius 2 is 0.562 bits per heavy atom. The molecule has 0 amide bonds. The second kappa shape index (κ2) is 27.7. The molecule has 1 aliphatic rings. The smallest absolute Gasteiger partial charge is 0.317 e. The van der Waals surface area contributed by atoms with Crippen LogP contribution < -0.4 is 18.9 Å². The van der Waals surface area contributed by atoms with Gasteiger partial charge in [0.05, 0.1) is 54.6 Å². The van der Waals surface area contributed by atoms with Crippen LogP contribution in [0.4, 0.5) is 0 Å². The fourth-order valence-electron chi connectivity index (χ4n) is 9.63. The predicted molar refractivity (Wildman–Crippen MR) is 291 cm³/mol. The fraction of sp³-hybridized carbons (Fsp3) is 0.417. The molecule has 1 aliphatic heterocycles. The number of methoxy groups -OCH3 is 4. The van der Waals surface area contributed by atoms with Gasteiger partial charge in [0, 0.05) is 93.1 Å². The average Bonchev–Trinajstić information content (AvgIpc) is 3.34. The minimum absolute atomic E-state index is 0.166. The summed E-state index contributed by atoms with van der Waals surface area (Å²) in [5, 5.41) is 42.8. The van der Waals surface area contributed by atoms with Crippen LogP contribution in [0.5, 0.6) is 23.0 Å². The molecular formula is C48H56Cl4N4O20S4. The van der Waals surface area contributed by atoms with Crippen molar-refractivity contribution in [1.29, 1.82) is 0 Å². The lowest BCUT2D eigenvalue weighted by Gasteiger charge is -2.45. The Morgan fingerprint density at radius 3 is 0.700 bits per heavy atom. The number of carbonyl (C=O) groups is 4. The largest absolute Gasteiger partial charge is 0.495 e.